The van der Waals surface area contributed by atoms with Crippen molar-refractivity contribution >= 4 is 0 Å². The predicted molar refractivity (Wildman–Crippen MR) is 65.1 cm³/mol. The monoisotopic (exact) mass is 220 g/mol. The molecular formula is C14H20O2. The summed E-state index contributed by atoms with van der Waals surface area (Å²) in [6, 6.07) is 6.43. The van der Waals surface area contributed by atoms with Crippen LogP contribution < -0.4 is 4.74 Å². The van der Waals surface area contributed by atoms with Crippen molar-refractivity contribution in [3.63, 3.8) is 0 Å². The lowest BCUT2D eigenvalue weighted by Gasteiger charge is -2.24. The highest BCUT2D eigenvalue weighted by atomic mass is 16.5. The Labute approximate surface area is 97.6 Å². The molecule has 2 rings (SSSR count). The van der Waals surface area contributed by atoms with E-state index in [1.165, 1.54) is 11.1 Å². The fraction of sp³-hybridized carbons (Fsp3) is 0.571. The van der Waals surface area contributed by atoms with Gasteiger partial charge in [0.05, 0.1) is 12.7 Å². The van der Waals surface area contributed by atoms with Gasteiger partial charge in [0.2, 0.25) is 0 Å². The minimum Gasteiger partial charge on any atom is -0.494 e. The molecule has 0 N–H and O–H groups in total. The van der Waals surface area contributed by atoms with E-state index in [9.17, 15) is 0 Å². The van der Waals surface area contributed by atoms with Crippen molar-refractivity contribution in [3.05, 3.63) is 29.3 Å². The minimum absolute atomic E-state index is 0.412. The second kappa shape index (κ2) is 5.35. The van der Waals surface area contributed by atoms with Gasteiger partial charge in [-0.1, -0.05) is 6.07 Å². The molecule has 1 aromatic rings. The van der Waals surface area contributed by atoms with Crippen LogP contribution in [0.5, 0.6) is 5.75 Å². The Hall–Kier alpha value is -1.02. The Morgan fingerprint density at radius 3 is 2.81 bits per heavy atom. The van der Waals surface area contributed by atoms with Gasteiger partial charge < -0.3 is 9.47 Å². The Kier molecular flexibility index (Phi) is 3.83. The molecule has 16 heavy (non-hydrogen) atoms. The van der Waals surface area contributed by atoms with E-state index in [2.05, 4.69) is 25.1 Å². The van der Waals surface area contributed by atoms with Gasteiger partial charge in [-0.25, -0.2) is 0 Å². The van der Waals surface area contributed by atoms with Crippen LogP contribution in [0.1, 0.15) is 31.4 Å². The number of ether oxygens (including phenoxy) is 2. The summed E-state index contributed by atoms with van der Waals surface area (Å²) in [4.78, 5) is 0. The molecule has 0 amide bonds. The van der Waals surface area contributed by atoms with Crippen LogP contribution in [-0.2, 0) is 17.6 Å². The molecule has 0 aliphatic heterocycles. The van der Waals surface area contributed by atoms with Crippen LogP contribution in [0.4, 0.5) is 0 Å². The van der Waals surface area contributed by atoms with Crippen LogP contribution in [0.15, 0.2) is 18.2 Å². The van der Waals surface area contributed by atoms with E-state index in [1.54, 1.807) is 0 Å². The fourth-order valence-corrected chi connectivity index (χ4v) is 2.33. The van der Waals surface area contributed by atoms with E-state index in [1.807, 2.05) is 6.92 Å². The molecule has 0 spiro atoms. The zero-order valence-corrected chi connectivity index (χ0v) is 10.2. The van der Waals surface area contributed by atoms with Crippen molar-refractivity contribution in [3.8, 4) is 5.75 Å². The van der Waals surface area contributed by atoms with Crippen LogP contribution >= 0.6 is 0 Å². The normalized spacial score (nSPS) is 19.2. The standard InChI is InChI=1S/C14H20O2/c1-3-15-13-7-5-12-10-14(16-4-2)8-6-11(12)9-13/h5,7,9,14H,3-4,6,8,10H2,1-2H3/t14-/m0/s1. The summed E-state index contributed by atoms with van der Waals surface area (Å²) in [7, 11) is 0. The summed E-state index contributed by atoms with van der Waals surface area (Å²) in [6.45, 7) is 5.63. The second-order valence-electron chi connectivity index (χ2n) is 4.18. The van der Waals surface area contributed by atoms with Crippen molar-refractivity contribution < 1.29 is 9.47 Å². The Morgan fingerprint density at radius 1 is 1.19 bits per heavy atom. The van der Waals surface area contributed by atoms with Gasteiger partial charge in [0.15, 0.2) is 0 Å². The third kappa shape index (κ3) is 2.56. The van der Waals surface area contributed by atoms with Crippen LogP contribution in [0.3, 0.4) is 0 Å². The maximum Gasteiger partial charge on any atom is 0.119 e. The largest absolute Gasteiger partial charge is 0.494 e. The third-order valence-electron chi connectivity index (χ3n) is 3.07. The molecular weight excluding hydrogens is 200 g/mol. The first-order valence-electron chi connectivity index (χ1n) is 6.19. The minimum atomic E-state index is 0.412. The SMILES string of the molecule is CCOc1ccc2c(c1)CC[C@H](OCC)C2. The smallest absolute Gasteiger partial charge is 0.119 e. The van der Waals surface area contributed by atoms with Crippen molar-refractivity contribution in [2.24, 2.45) is 0 Å². The first-order valence-corrected chi connectivity index (χ1v) is 6.19. The zero-order chi connectivity index (χ0) is 11.4. The number of fused-ring (bicyclic) bond motifs is 1. The predicted octanol–water partition coefficient (Wildman–Crippen LogP) is 2.98. The molecule has 0 heterocycles. The van der Waals surface area contributed by atoms with Crippen molar-refractivity contribution in [2.75, 3.05) is 13.2 Å². The summed E-state index contributed by atoms with van der Waals surface area (Å²) in [5.74, 6) is 0.996. The Balaban J connectivity index is 2.09. The average Bonchev–Trinajstić information content (AvgIpc) is 2.30. The van der Waals surface area contributed by atoms with E-state index in [0.717, 1.165) is 38.2 Å². The topological polar surface area (TPSA) is 18.5 Å². The number of rotatable bonds is 4. The highest BCUT2D eigenvalue weighted by Gasteiger charge is 2.18. The Morgan fingerprint density at radius 2 is 2.06 bits per heavy atom. The number of benzene rings is 1. The molecule has 0 bridgehead atoms. The highest BCUT2D eigenvalue weighted by molar-refractivity contribution is 5.37. The molecule has 1 aliphatic rings. The molecule has 1 aromatic carbocycles. The average molecular weight is 220 g/mol. The molecule has 2 nitrogen and oxygen atoms in total. The summed E-state index contributed by atoms with van der Waals surface area (Å²) in [5, 5.41) is 0. The maximum absolute atomic E-state index is 5.69. The molecule has 2 heteroatoms. The van der Waals surface area contributed by atoms with Gasteiger partial charge in [-0.15, -0.1) is 0 Å². The summed E-state index contributed by atoms with van der Waals surface area (Å²) >= 11 is 0. The molecule has 0 unspecified atom stereocenters. The fourth-order valence-electron chi connectivity index (χ4n) is 2.33. The number of hydrogen-bond acceptors (Lipinski definition) is 2. The molecule has 1 aliphatic carbocycles. The van der Waals surface area contributed by atoms with Gasteiger partial charge in [-0.2, -0.15) is 0 Å². The molecule has 1 atom stereocenters. The van der Waals surface area contributed by atoms with Crippen LogP contribution in [0.2, 0.25) is 0 Å². The van der Waals surface area contributed by atoms with Gasteiger partial charge >= 0.3 is 0 Å². The maximum atomic E-state index is 5.69. The highest BCUT2D eigenvalue weighted by Crippen LogP contribution is 2.26. The van der Waals surface area contributed by atoms with Crippen LogP contribution in [-0.4, -0.2) is 19.3 Å². The summed E-state index contributed by atoms with van der Waals surface area (Å²) < 4.78 is 11.2. The van der Waals surface area contributed by atoms with Crippen LogP contribution in [0, 0.1) is 0 Å². The summed E-state index contributed by atoms with van der Waals surface area (Å²) in [6.07, 6.45) is 3.71. The first kappa shape index (κ1) is 11.5. The molecule has 0 aromatic heterocycles. The lowest BCUT2D eigenvalue weighted by Crippen LogP contribution is -2.22. The molecule has 0 saturated heterocycles. The molecule has 88 valence electrons. The van der Waals surface area contributed by atoms with E-state index in [0.29, 0.717) is 6.10 Å². The lowest BCUT2D eigenvalue weighted by atomic mass is 9.89. The molecule has 0 fully saturated rings. The van der Waals surface area contributed by atoms with Crippen LogP contribution in [0.25, 0.3) is 0 Å². The quantitative estimate of drug-likeness (QED) is 0.776. The van der Waals surface area contributed by atoms with E-state index in [-0.39, 0.29) is 0 Å². The molecule has 0 radical (unpaired) electrons. The van der Waals surface area contributed by atoms with Gasteiger partial charge in [-0.3, -0.25) is 0 Å². The van der Waals surface area contributed by atoms with E-state index in [4.69, 9.17) is 9.47 Å². The lowest BCUT2D eigenvalue weighted by molar-refractivity contribution is 0.0534. The third-order valence-corrected chi connectivity index (χ3v) is 3.07. The van der Waals surface area contributed by atoms with Gasteiger partial charge in [0, 0.05) is 6.61 Å². The van der Waals surface area contributed by atoms with Crippen molar-refractivity contribution in [1.82, 2.24) is 0 Å². The Bertz CT molecular complexity index is 347. The number of aryl methyl sites for hydroxylation is 1. The van der Waals surface area contributed by atoms with Crippen molar-refractivity contribution in [1.29, 1.82) is 0 Å². The first-order chi connectivity index (χ1) is 7.83. The zero-order valence-electron chi connectivity index (χ0n) is 10.2. The molecule has 0 saturated carbocycles. The van der Waals surface area contributed by atoms with Gasteiger partial charge in [-0.05, 0) is 56.4 Å². The van der Waals surface area contributed by atoms with E-state index >= 15 is 0 Å². The second-order valence-corrected chi connectivity index (χ2v) is 4.18. The van der Waals surface area contributed by atoms with Gasteiger partial charge in [0.1, 0.15) is 5.75 Å². The number of hydrogen-bond donors (Lipinski definition) is 0. The van der Waals surface area contributed by atoms with Gasteiger partial charge in [0.25, 0.3) is 0 Å². The van der Waals surface area contributed by atoms with Crippen molar-refractivity contribution in [2.45, 2.75) is 39.2 Å². The summed E-state index contributed by atoms with van der Waals surface area (Å²) in [5.41, 5.74) is 2.86. The van der Waals surface area contributed by atoms with E-state index < -0.39 is 0 Å².